The Labute approximate surface area is 90.9 Å². The van der Waals surface area contributed by atoms with Gasteiger partial charge in [0.1, 0.15) is 5.82 Å². The van der Waals surface area contributed by atoms with E-state index in [9.17, 15) is 5.11 Å². The lowest BCUT2D eigenvalue weighted by Crippen LogP contribution is -2.23. The van der Waals surface area contributed by atoms with Gasteiger partial charge in [-0.3, -0.25) is 0 Å². The van der Waals surface area contributed by atoms with Crippen molar-refractivity contribution >= 4 is 0 Å². The van der Waals surface area contributed by atoms with Crippen molar-refractivity contribution in [1.29, 1.82) is 0 Å². The van der Waals surface area contributed by atoms with E-state index in [4.69, 9.17) is 4.74 Å². The second-order valence-corrected chi connectivity index (χ2v) is 3.91. The van der Waals surface area contributed by atoms with Crippen LogP contribution < -0.4 is 0 Å². The van der Waals surface area contributed by atoms with Crippen molar-refractivity contribution < 1.29 is 9.84 Å². The number of aromatic nitrogens is 2. The van der Waals surface area contributed by atoms with Gasteiger partial charge >= 0.3 is 0 Å². The Hall–Kier alpha value is -0.870. The minimum Gasteiger partial charge on any atom is -0.389 e. The zero-order valence-corrected chi connectivity index (χ0v) is 9.68. The maximum absolute atomic E-state index is 9.68. The molecule has 0 saturated carbocycles. The van der Waals surface area contributed by atoms with E-state index in [1.807, 2.05) is 17.7 Å². The van der Waals surface area contributed by atoms with Crippen LogP contribution >= 0.6 is 0 Å². The molecule has 1 atom stereocenters. The molecule has 0 aliphatic rings. The van der Waals surface area contributed by atoms with Gasteiger partial charge in [-0.1, -0.05) is 13.8 Å². The Morgan fingerprint density at radius 1 is 1.53 bits per heavy atom. The lowest BCUT2D eigenvalue weighted by Gasteiger charge is -2.14. The lowest BCUT2D eigenvalue weighted by atomic mass is 10.2. The number of aliphatic hydroxyl groups excluding tert-OH is 1. The topological polar surface area (TPSA) is 47.3 Å². The van der Waals surface area contributed by atoms with Gasteiger partial charge in [0, 0.05) is 24.9 Å². The molecule has 1 heterocycles. The van der Waals surface area contributed by atoms with Crippen LogP contribution in [0.25, 0.3) is 0 Å². The molecule has 0 aliphatic heterocycles. The molecule has 0 bridgehead atoms. The summed E-state index contributed by atoms with van der Waals surface area (Å²) in [7, 11) is 0. The Morgan fingerprint density at radius 3 is 2.87 bits per heavy atom. The highest BCUT2D eigenvalue weighted by molar-refractivity contribution is 4.97. The summed E-state index contributed by atoms with van der Waals surface area (Å²) in [5.41, 5.74) is 0. The SMILES string of the molecule is CCOCC(O)Cn1ccnc1C(C)C. The van der Waals surface area contributed by atoms with E-state index >= 15 is 0 Å². The maximum Gasteiger partial charge on any atom is 0.111 e. The zero-order valence-electron chi connectivity index (χ0n) is 9.68. The Kier molecular flexibility index (Phi) is 4.78. The van der Waals surface area contributed by atoms with Crippen molar-refractivity contribution in [3.05, 3.63) is 18.2 Å². The Morgan fingerprint density at radius 2 is 2.27 bits per heavy atom. The molecule has 1 N–H and O–H groups in total. The van der Waals surface area contributed by atoms with Gasteiger partial charge in [0.05, 0.1) is 19.3 Å². The first-order valence-electron chi connectivity index (χ1n) is 5.42. The standard InChI is InChI=1S/C11H20N2O2/c1-4-15-8-10(14)7-13-6-5-12-11(13)9(2)3/h5-6,9-10,14H,4,7-8H2,1-3H3. The van der Waals surface area contributed by atoms with Crippen LogP contribution in [0.2, 0.25) is 0 Å². The fraction of sp³-hybridized carbons (Fsp3) is 0.727. The normalized spacial score (nSPS) is 13.4. The molecule has 0 aromatic carbocycles. The van der Waals surface area contributed by atoms with E-state index in [0.717, 1.165) is 5.82 Å². The molecule has 0 amide bonds. The summed E-state index contributed by atoms with van der Waals surface area (Å²) < 4.78 is 7.14. The third kappa shape index (κ3) is 3.64. The van der Waals surface area contributed by atoms with Crippen molar-refractivity contribution in [2.75, 3.05) is 13.2 Å². The molecule has 0 radical (unpaired) electrons. The second kappa shape index (κ2) is 5.88. The van der Waals surface area contributed by atoms with E-state index < -0.39 is 6.10 Å². The molecule has 0 spiro atoms. The van der Waals surface area contributed by atoms with E-state index in [0.29, 0.717) is 25.7 Å². The van der Waals surface area contributed by atoms with Gasteiger partial charge in [0.25, 0.3) is 0 Å². The first-order chi connectivity index (χ1) is 7.15. The van der Waals surface area contributed by atoms with Crippen LogP contribution in [-0.2, 0) is 11.3 Å². The summed E-state index contributed by atoms with van der Waals surface area (Å²) >= 11 is 0. The van der Waals surface area contributed by atoms with Crippen LogP contribution in [0.3, 0.4) is 0 Å². The van der Waals surface area contributed by atoms with Gasteiger partial charge in [-0.25, -0.2) is 4.98 Å². The van der Waals surface area contributed by atoms with Crippen LogP contribution in [0.15, 0.2) is 12.4 Å². The number of ether oxygens (including phenoxy) is 1. The van der Waals surface area contributed by atoms with Crippen LogP contribution in [0.4, 0.5) is 0 Å². The largest absolute Gasteiger partial charge is 0.389 e. The minimum absolute atomic E-state index is 0.374. The Bertz CT molecular complexity index is 284. The summed E-state index contributed by atoms with van der Waals surface area (Å²) in [5.74, 6) is 1.38. The molecule has 4 nitrogen and oxygen atoms in total. The molecule has 0 aliphatic carbocycles. The van der Waals surface area contributed by atoms with E-state index in [2.05, 4.69) is 18.8 Å². The van der Waals surface area contributed by atoms with Gasteiger partial charge in [0.15, 0.2) is 0 Å². The fourth-order valence-electron chi connectivity index (χ4n) is 1.51. The second-order valence-electron chi connectivity index (χ2n) is 3.91. The average molecular weight is 212 g/mol. The molecule has 4 heteroatoms. The van der Waals surface area contributed by atoms with Gasteiger partial charge in [0.2, 0.25) is 0 Å². The number of hydrogen-bond acceptors (Lipinski definition) is 3. The predicted molar refractivity (Wildman–Crippen MR) is 58.8 cm³/mol. The number of nitrogens with zero attached hydrogens (tertiary/aromatic N) is 2. The summed E-state index contributed by atoms with van der Waals surface area (Å²) in [6, 6.07) is 0. The van der Waals surface area contributed by atoms with Crippen LogP contribution in [0.5, 0.6) is 0 Å². The van der Waals surface area contributed by atoms with Crippen LogP contribution in [0, 0.1) is 0 Å². The minimum atomic E-state index is -0.461. The molecule has 1 aromatic heterocycles. The quantitative estimate of drug-likeness (QED) is 0.775. The number of hydrogen-bond donors (Lipinski definition) is 1. The van der Waals surface area contributed by atoms with E-state index in [1.165, 1.54) is 0 Å². The van der Waals surface area contributed by atoms with Crippen LogP contribution in [0.1, 0.15) is 32.5 Å². The summed E-state index contributed by atoms with van der Waals surface area (Å²) in [4.78, 5) is 4.26. The van der Waals surface area contributed by atoms with Gasteiger partial charge in [-0.2, -0.15) is 0 Å². The highest BCUT2D eigenvalue weighted by Crippen LogP contribution is 2.12. The first-order valence-corrected chi connectivity index (χ1v) is 5.42. The molecular weight excluding hydrogens is 192 g/mol. The summed E-state index contributed by atoms with van der Waals surface area (Å²) in [6.45, 7) is 7.67. The molecule has 1 aromatic rings. The van der Waals surface area contributed by atoms with Crippen molar-refractivity contribution in [2.24, 2.45) is 0 Å². The molecule has 15 heavy (non-hydrogen) atoms. The van der Waals surface area contributed by atoms with E-state index in [-0.39, 0.29) is 0 Å². The molecule has 0 fully saturated rings. The average Bonchev–Trinajstić information content (AvgIpc) is 2.62. The highest BCUT2D eigenvalue weighted by atomic mass is 16.5. The molecule has 0 saturated heterocycles. The molecule has 1 unspecified atom stereocenters. The third-order valence-electron chi connectivity index (χ3n) is 2.19. The lowest BCUT2D eigenvalue weighted by molar-refractivity contribution is 0.0330. The van der Waals surface area contributed by atoms with Gasteiger partial charge < -0.3 is 14.4 Å². The smallest absolute Gasteiger partial charge is 0.111 e. The summed E-state index contributed by atoms with van der Waals surface area (Å²) in [5, 5.41) is 9.68. The van der Waals surface area contributed by atoms with Crippen molar-refractivity contribution in [3.8, 4) is 0 Å². The number of aliphatic hydroxyl groups is 1. The Balaban J connectivity index is 2.52. The van der Waals surface area contributed by atoms with Crippen molar-refractivity contribution in [1.82, 2.24) is 9.55 Å². The van der Waals surface area contributed by atoms with Gasteiger partial charge in [-0.15, -0.1) is 0 Å². The van der Waals surface area contributed by atoms with E-state index in [1.54, 1.807) is 6.20 Å². The molecular formula is C11H20N2O2. The monoisotopic (exact) mass is 212 g/mol. The maximum atomic E-state index is 9.68. The molecule has 1 rings (SSSR count). The fourth-order valence-corrected chi connectivity index (χ4v) is 1.51. The van der Waals surface area contributed by atoms with Crippen molar-refractivity contribution in [3.63, 3.8) is 0 Å². The van der Waals surface area contributed by atoms with Crippen LogP contribution in [-0.4, -0.2) is 34.0 Å². The number of imidazole rings is 1. The third-order valence-corrected chi connectivity index (χ3v) is 2.19. The molecule has 86 valence electrons. The first kappa shape index (κ1) is 12.2. The van der Waals surface area contributed by atoms with Gasteiger partial charge in [-0.05, 0) is 6.92 Å². The summed E-state index contributed by atoms with van der Waals surface area (Å²) in [6.07, 6.45) is 3.20. The number of rotatable bonds is 6. The van der Waals surface area contributed by atoms with Crippen molar-refractivity contribution in [2.45, 2.75) is 39.3 Å². The zero-order chi connectivity index (χ0) is 11.3. The highest BCUT2D eigenvalue weighted by Gasteiger charge is 2.11. The predicted octanol–water partition coefficient (Wildman–Crippen LogP) is 1.40.